The number of aliphatic hydroxyl groups is 1. The van der Waals surface area contributed by atoms with E-state index >= 15 is 0 Å². The van der Waals surface area contributed by atoms with Gasteiger partial charge in [-0.1, -0.05) is 19.1 Å². The lowest BCUT2D eigenvalue weighted by Crippen LogP contribution is -2.37. The van der Waals surface area contributed by atoms with Crippen LogP contribution in [0.3, 0.4) is 0 Å². The molecule has 1 aromatic rings. The first-order valence-electron chi connectivity index (χ1n) is 7.29. The Bertz CT molecular complexity index is 419. The van der Waals surface area contributed by atoms with Crippen LogP contribution in [0.5, 0.6) is 5.75 Å². The van der Waals surface area contributed by atoms with Gasteiger partial charge in [0.05, 0.1) is 6.10 Å². The lowest BCUT2D eigenvalue weighted by Gasteiger charge is -2.15. The lowest BCUT2D eigenvalue weighted by atomic mass is 10.1. The highest BCUT2D eigenvalue weighted by molar-refractivity contribution is 5.80. The Morgan fingerprint density at radius 2 is 2.00 bits per heavy atom. The van der Waals surface area contributed by atoms with Crippen LogP contribution in [-0.4, -0.2) is 37.4 Å². The number of hydrogen-bond donors (Lipinski definition) is 2. The van der Waals surface area contributed by atoms with Crippen molar-refractivity contribution in [3.05, 3.63) is 29.8 Å². The normalized spacial score (nSPS) is 13.5. The fourth-order valence-corrected chi connectivity index (χ4v) is 1.83. The van der Waals surface area contributed by atoms with Gasteiger partial charge < -0.3 is 19.9 Å². The minimum atomic E-state index is -0.561. The third kappa shape index (κ3) is 6.14. The Labute approximate surface area is 126 Å². The second kappa shape index (κ2) is 9.37. The number of amides is 1. The number of aliphatic hydroxyl groups excluding tert-OH is 1. The Hall–Kier alpha value is -1.59. The molecule has 0 saturated carbocycles. The highest BCUT2D eigenvalue weighted by Gasteiger charge is 2.14. The van der Waals surface area contributed by atoms with E-state index in [9.17, 15) is 9.90 Å². The van der Waals surface area contributed by atoms with Gasteiger partial charge in [0.2, 0.25) is 0 Å². The molecule has 5 nitrogen and oxygen atoms in total. The Morgan fingerprint density at radius 3 is 2.57 bits per heavy atom. The van der Waals surface area contributed by atoms with E-state index in [0.717, 1.165) is 12.0 Å². The van der Waals surface area contributed by atoms with E-state index < -0.39 is 12.2 Å². The molecule has 5 heteroatoms. The van der Waals surface area contributed by atoms with Crippen molar-refractivity contribution in [3.63, 3.8) is 0 Å². The molecule has 1 aromatic carbocycles. The van der Waals surface area contributed by atoms with Crippen LogP contribution in [0, 0.1) is 0 Å². The molecule has 118 valence electrons. The largest absolute Gasteiger partial charge is 0.481 e. The number of ether oxygens (including phenoxy) is 2. The van der Waals surface area contributed by atoms with Gasteiger partial charge in [-0.3, -0.25) is 4.79 Å². The highest BCUT2D eigenvalue weighted by Crippen LogP contribution is 2.20. The molecule has 0 aliphatic carbocycles. The topological polar surface area (TPSA) is 67.8 Å². The van der Waals surface area contributed by atoms with Crippen LogP contribution < -0.4 is 10.1 Å². The van der Waals surface area contributed by atoms with Gasteiger partial charge in [0, 0.05) is 20.3 Å². The van der Waals surface area contributed by atoms with Gasteiger partial charge >= 0.3 is 0 Å². The molecule has 0 fully saturated rings. The number of carbonyl (C=O) groups is 1. The number of rotatable bonds is 9. The van der Waals surface area contributed by atoms with Crippen molar-refractivity contribution in [1.29, 1.82) is 0 Å². The van der Waals surface area contributed by atoms with Gasteiger partial charge in [0.1, 0.15) is 5.75 Å². The van der Waals surface area contributed by atoms with Gasteiger partial charge in [0.25, 0.3) is 5.91 Å². The lowest BCUT2D eigenvalue weighted by molar-refractivity contribution is -0.127. The minimum absolute atomic E-state index is 0.149. The molecule has 2 atom stereocenters. The fourth-order valence-electron chi connectivity index (χ4n) is 1.83. The fraction of sp³-hybridized carbons (Fsp3) is 0.562. The molecule has 21 heavy (non-hydrogen) atoms. The molecule has 0 saturated heterocycles. The summed E-state index contributed by atoms with van der Waals surface area (Å²) >= 11 is 0. The predicted molar refractivity (Wildman–Crippen MR) is 81.3 cm³/mol. The second-order valence-corrected chi connectivity index (χ2v) is 4.89. The van der Waals surface area contributed by atoms with Crippen LogP contribution in [-0.2, 0) is 9.53 Å². The van der Waals surface area contributed by atoms with Crippen molar-refractivity contribution >= 4 is 5.91 Å². The van der Waals surface area contributed by atoms with Crippen molar-refractivity contribution in [2.45, 2.75) is 38.9 Å². The van der Waals surface area contributed by atoms with E-state index in [2.05, 4.69) is 5.32 Å². The summed E-state index contributed by atoms with van der Waals surface area (Å²) in [5.74, 6) is 0.463. The van der Waals surface area contributed by atoms with Crippen molar-refractivity contribution in [2.24, 2.45) is 0 Å². The van der Waals surface area contributed by atoms with Crippen LogP contribution in [0.1, 0.15) is 38.4 Å². The van der Waals surface area contributed by atoms with E-state index in [1.807, 2.05) is 19.1 Å². The van der Waals surface area contributed by atoms with E-state index in [-0.39, 0.29) is 5.91 Å². The summed E-state index contributed by atoms with van der Waals surface area (Å²) in [6.45, 7) is 4.82. The quantitative estimate of drug-likeness (QED) is 0.684. The van der Waals surface area contributed by atoms with Crippen LogP contribution >= 0.6 is 0 Å². The third-order valence-electron chi connectivity index (χ3n) is 3.16. The summed E-state index contributed by atoms with van der Waals surface area (Å²) in [5.41, 5.74) is 0.849. The molecular weight excluding hydrogens is 270 g/mol. The number of benzene rings is 1. The second-order valence-electron chi connectivity index (χ2n) is 4.89. The maximum Gasteiger partial charge on any atom is 0.260 e. The zero-order chi connectivity index (χ0) is 15.7. The molecule has 1 unspecified atom stereocenters. The summed E-state index contributed by atoms with van der Waals surface area (Å²) in [7, 11) is 1.63. The van der Waals surface area contributed by atoms with Crippen molar-refractivity contribution in [1.82, 2.24) is 5.32 Å². The molecule has 1 amide bonds. The molecule has 0 aliphatic rings. The molecule has 1 rings (SSSR count). The molecule has 0 aromatic heterocycles. The summed E-state index contributed by atoms with van der Waals surface area (Å²) < 4.78 is 10.5. The van der Waals surface area contributed by atoms with Crippen molar-refractivity contribution in [3.8, 4) is 5.75 Å². The van der Waals surface area contributed by atoms with Crippen molar-refractivity contribution in [2.75, 3.05) is 20.3 Å². The number of hydrogen-bond acceptors (Lipinski definition) is 4. The predicted octanol–water partition coefficient (Wildman–Crippen LogP) is 2.05. The van der Waals surface area contributed by atoms with E-state index in [0.29, 0.717) is 25.3 Å². The molecule has 0 bridgehead atoms. The van der Waals surface area contributed by atoms with Gasteiger partial charge in [-0.15, -0.1) is 0 Å². The first-order chi connectivity index (χ1) is 10.1. The Kier molecular flexibility index (Phi) is 7.79. The average Bonchev–Trinajstić information content (AvgIpc) is 2.51. The Morgan fingerprint density at radius 1 is 1.33 bits per heavy atom. The van der Waals surface area contributed by atoms with E-state index in [4.69, 9.17) is 9.47 Å². The van der Waals surface area contributed by atoms with E-state index in [1.54, 1.807) is 26.2 Å². The van der Waals surface area contributed by atoms with Gasteiger partial charge in [-0.05, 0) is 37.5 Å². The zero-order valence-corrected chi connectivity index (χ0v) is 13.0. The smallest absolute Gasteiger partial charge is 0.260 e. The Balaban J connectivity index is 2.43. The first kappa shape index (κ1) is 17.5. The number of carbonyl (C=O) groups excluding carboxylic acids is 1. The molecule has 0 aliphatic heterocycles. The molecule has 0 spiro atoms. The SMILES string of the molecule is CC[C@H](O)c1ccc(OC(C)C(=O)NCCCOC)cc1. The summed E-state index contributed by atoms with van der Waals surface area (Å²) in [6.07, 6.45) is 0.425. The summed E-state index contributed by atoms with van der Waals surface area (Å²) in [5, 5.41) is 12.5. The van der Waals surface area contributed by atoms with Crippen LogP contribution in [0.4, 0.5) is 0 Å². The molecule has 0 radical (unpaired) electrons. The minimum Gasteiger partial charge on any atom is -0.481 e. The zero-order valence-electron chi connectivity index (χ0n) is 13.0. The molecular formula is C16H25NO4. The summed E-state index contributed by atoms with van der Waals surface area (Å²) in [6, 6.07) is 7.16. The molecule has 0 heterocycles. The number of nitrogens with one attached hydrogen (secondary N) is 1. The maximum atomic E-state index is 11.8. The number of methoxy groups -OCH3 is 1. The first-order valence-corrected chi connectivity index (χ1v) is 7.29. The van der Waals surface area contributed by atoms with Crippen LogP contribution in [0.2, 0.25) is 0 Å². The average molecular weight is 295 g/mol. The maximum absolute atomic E-state index is 11.8. The van der Waals surface area contributed by atoms with Crippen LogP contribution in [0.25, 0.3) is 0 Å². The van der Waals surface area contributed by atoms with Crippen molar-refractivity contribution < 1.29 is 19.4 Å². The third-order valence-corrected chi connectivity index (χ3v) is 3.16. The van der Waals surface area contributed by atoms with Crippen LogP contribution in [0.15, 0.2) is 24.3 Å². The highest BCUT2D eigenvalue weighted by atomic mass is 16.5. The molecule has 2 N–H and O–H groups in total. The standard InChI is InChI=1S/C16H25NO4/c1-4-15(18)13-6-8-14(9-7-13)21-12(2)16(19)17-10-5-11-20-3/h6-9,12,15,18H,4-5,10-11H2,1-3H3,(H,17,19)/t12?,15-/m0/s1. The summed E-state index contributed by atoms with van der Waals surface area (Å²) in [4.78, 5) is 11.8. The van der Waals surface area contributed by atoms with Gasteiger partial charge in [0.15, 0.2) is 6.10 Å². The monoisotopic (exact) mass is 295 g/mol. The van der Waals surface area contributed by atoms with Gasteiger partial charge in [-0.25, -0.2) is 0 Å². The van der Waals surface area contributed by atoms with Gasteiger partial charge in [-0.2, -0.15) is 0 Å². The van der Waals surface area contributed by atoms with E-state index in [1.165, 1.54) is 0 Å².